The molecule has 0 rings (SSSR count). The summed E-state index contributed by atoms with van der Waals surface area (Å²) >= 11 is 0. The minimum Gasteiger partial charge on any atom is -0.333 e. The SMILES string of the molecule is CCCCCCCCCCCN.CN.[HH].[HH]. The summed E-state index contributed by atoms with van der Waals surface area (Å²) in [5, 5.41) is 0. The van der Waals surface area contributed by atoms with Crippen molar-refractivity contribution in [2.75, 3.05) is 13.6 Å². The van der Waals surface area contributed by atoms with Gasteiger partial charge >= 0.3 is 0 Å². The van der Waals surface area contributed by atoms with Crippen LogP contribution in [0.25, 0.3) is 0 Å². The molecular weight excluding hydrogens is 172 g/mol. The maximum absolute atomic E-state index is 5.41. The fourth-order valence-corrected chi connectivity index (χ4v) is 1.45. The molecule has 14 heavy (non-hydrogen) atoms. The summed E-state index contributed by atoms with van der Waals surface area (Å²) in [7, 11) is 1.50. The van der Waals surface area contributed by atoms with Crippen molar-refractivity contribution in [3.05, 3.63) is 0 Å². The molecule has 0 aromatic rings. The predicted molar refractivity (Wildman–Crippen MR) is 70.6 cm³/mol. The van der Waals surface area contributed by atoms with Gasteiger partial charge in [-0.1, -0.05) is 58.3 Å². The van der Waals surface area contributed by atoms with Gasteiger partial charge in [0.2, 0.25) is 0 Å². The topological polar surface area (TPSA) is 52.0 Å². The molecule has 0 aliphatic heterocycles. The van der Waals surface area contributed by atoms with E-state index < -0.39 is 0 Å². The lowest BCUT2D eigenvalue weighted by Crippen LogP contribution is -1.97. The molecule has 0 saturated heterocycles. The molecule has 0 amide bonds. The van der Waals surface area contributed by atoms with Crippen LogP contribution in [0.2, 0.25) is 0 Å². The number of nitrogens with two attached hydrogens (primary N) is 2. The first-order chi connectivity index (χ1) is 6.91. The molecule has 2 nitrogen and oxygen atoms in total. The van der Waals surface area contributed by atoms with Gasteiger partial charge in [-0.25, -0.2) is 0 Å². The Bertz CT molecular complexity index is 73.4. The molecule has 0 aromatic heterocycles. The van der Waals surface area contributed by atoms with Gasteiger partial charge in [0, 0.05) is 2.85 Å². The smallest absolute Gasteiger partial charge is 0 e. The van der Waals surface area contributed by atoms with Gasteiger partial charge in [-0.2, -0.15) is 0 Å². The summed E-state index contributed by atoms with van der Waals surface area (Å²) in [6.45, 7) is 3.14. The lowest BCUT2D eigenvalue weighted by molar-refractivity contribution is 0.567. The second-order valence-electron chi connectivity index (χ2n) is 3.62. The predicted octanol–water partition coefficient (Wildman–Crippen LogP) is 3.54. The van der Waals surface area contributed by atoms with Crippen molar-refractivity contribution >= 4 is 0 Å². The van der Waals surface area contributed by atoms with E-state index >= 15 is 0 Å². The Morgan fingerprint density at radius 2 is 1.07 bits per heavy atom. The Labute approximate surface area is 93.4 Å². The minimum absolute atomic E-state index is 0. The molecule has 0 heterocycles. The zero-order valence-corrected chi connectivity index (χ0v) is 10.2. The van der Waals surface area contributed by atoms with Gasteiger partial charge < -0.3 is 11.5 Å². The van der Waals surface area contributed by atoms with Crippen molar-refractivity contribution in [3.63, 3.8) is 0 Å². The highest BCUT2D eigenvalue weighted by molar-refractivity contribution is 4.46. The molecule has 0 aromatic carbocycles. The van der Waals surface area contributed by atoms with Gasteiger partial charge in [0.25, 0.3) is 0 Å². The van der Waals surface area contributed by atoms with Crippen LogP contribution in [-0.2, 0) is 0 Å². The highest BCUT2D eigenvalue weighted by Crippen LogP contribution is 2.08. The Morgan fingerprint density at radius 3 is 1.43 bits per heavy atom. The third-order valence-electron chi connectivity index (χ3n) is 2.31. The number of rotatable bonds is 9. The molecule has 0 fully saturated rings. The van der Waals surface area contributed by atoms with E-state index in [1.807, 2.05) is 0 Å². The van der Waals surface area contributed by atoms with Crippen molar-refractivity contribution in [2.24, 2.45) is 11.5 Å². The first-order valence-corrected chi connectivity index (χ1v) is 6.19. The molecule has 0 atom stereocenters. The Balaban J connectivity index is -0.000000169. The average Bonchev–Trinajstić information content (AvgIpc) is 2.25. The van der Waals surface area contributed by atoms with Crippen molar-refractivity contribution in [1.82, 2.24) is 0 Å². The molecule has 0 bridgehead atoms. The maximum atomic E-state index is 5.41. The third-order valence-corrected chi connectivity index (χ3v) is 2.31. The van der Waals surface area contributed by atoms with E-state index in [0.29, 0.717) is 0 Å². The van der Waals surface area contributed by atoms with Crippen LogP contribution in [-0.4, -0.2) is 13.6 Å². The van der Waals surface area contributed by atoms with Crippen molar-refractivity contribution in [2.45, 2.75) is 64.7 Å². The quantitative estimate of drug-likeness (QED) is 0.567. The molecule has 0 spiro atoms. The second-order valence-corrected chi connectivity index (χ2v) is 3.62. The zero-order chi connectivity index (χ0) is 11.1. The van der Waals surface area contributed by atoms with Crippen LogP contribution in [0.5, 0.6) is 0 Å². The number of hydrogen-bond donors (Lipinski definition) is 2. The third kappa shape index (κ3) is 17.9. The van der Waals surface area contributed by atoms with Crippen molar-refractivity contribution < 1.29 is 2.85 Å². The monoisotopic (exact) mass is 206 g/mol. The fourth-order valence-electron chi connectivity index (χ4n) is 1.45. The molecule has 0 aliphatic rings. The number of unbranched alkanes of at least 4 members (excludes halogenated alkanes) is 8. The summed E-state index contributed by atoms with van der Waals surface area (Å²) < 4.78 is 0. The Kier molecular flexibility index (Phi) is 21.8. The molecule has 4 N–H and O–H groups in total. The van der Waals surface area contributed by atoms with E-state index in [2.05, 4.69) is 12.7 Å². The summed E-state index contributed by atoms with van der Waals surface area (Å²) in [6.07, 6.45) is 12.5. The van der Waals surface area contributed by atoms with Gasteiger partial charge in [0.1, 0.15) is 0 Å². The first kappa shape index (κ1) is 16.4. The number of hydrogen-bond acceptors (Lipinski definition) is 2. The van der Waals surface area contributed by atoms with E-state index in [4.69, 9.17) is 5.73 Å². The van der Waals surface area contributed by atoms with Crippen LogP contribution in [0, 0.1) is 0 Å². The molecule has 0 aliphatic carbocycles. The summed E-state index contributed by atoms with van der Waals surface area (Å²) in [6, 6.07) is 0. The van der Waals surface area contributed by atoms with Crippen LogP contribution in [0.1, 0.15) is 67.6 Å². The van der Waals surface area contributed by atoms with Crippen LogP contribution < -0.4 is 11.5 Å². The summed E-state index contributed by atoms with van der Waals surface area (Å²) in [5.74, 6) is 0. The highest BCUT2D eigenvalue weighted by atomic mass is 14.5. The van der Waals surface area contributed by atoms with Gasteiger partial charge in [-0.05, 0) is 20.0 Å². The van der Waals surface area contributed by atoms with E-state index in [-0.39, 0.29) is 2.85 Å². The fraction of sp³-hybridized carbons (Fsp3) is 1.00. The Hall–Kier alpha value is -0.0800. The van der Waals surface area contributed by atoms with Crippen LogP contribution >= 0.6 is 0 Å². The van der Waals surface area contributed by atoms with Gasteiger partial charge in [-0.3, -0.25) is 0 Å². The summed E-state index contributed by atoms with van der Waals surface area (Å²) in [4.78, 5) is 0. The molecule has 0 radical (unpaired) electrons. The van der Waals surface area contributed by atoms with Crippen molar-refractivity contribution in [3.8, 4) is 0 Å². The van der Waals surface area contributed by atoms with Crippen LogP contribution in [0.15, 0.2) is 0 Å². The maximum Gasteiger partial charge on any atom is 0 e. The van der Waals surface area contributed by atoms with E-state index in [9.17, 15) is 0 Å². The zero-order valence-electron chi connectivity index (χ0n) is 10.2. The molecule has 92 valence electrons. The lowest BCUT2D eigenvalue weighted by Gasteiger charge is -1.99. The largest absolute Gasteiger partial charge is 0.333 e. The molecule has 0 unspecified atom stereocenters. The van der Waals surface area contributed by atoms with E-state index in [0.717, 1.165) is 6.54 Å². The van der Waals surface area contributed by atoms with E-state index in [1.54, 1.807) is 0 Å². The standard InChI is InChI=1S/C11H25N.CH5N.2H2/c1-2-3-4-5-6-7-8-9-10-11-12;1-2;;/h2-12H2,1H3;2H2,1H3;2*1H. The normalized spacial score (nSPS) is 9.43. The van der Waals surface area contributed by atoms with Gasteiger partial charge in [0.15, 0.2) is 0 Å². The van der Waals surface area contributed by atoms with Gasteiger partial charge in [-0.15, -0.1) is 0 Å². The van der Waals surface area contributed by atoms with Crippen LogP contribution in [0.3, 0.4) is 0 Å². The highest BCUT2D eigenvalue weighted by Gasteiger charge is 1.90. The Morgan fingerprint density at radius 1 is 0.714 bits per heavy atom. The van der Waals surface area contributed by atoms with Crippen LogP contribution in [0.4, 0.5) is 0 Å². The van der Waals surface area contributed by atoms with Crippen molar-refractivity contribution in [1.29, 1.82) is 0 Å². The molecule has 0 saturated carbocycles. The van der Waals surface area contributed by atoms with E-state index in [1.165, 1.54) is 64.8 Å². The average molecular weight is 206 g/mol. The minimum atomic E-state index is 0. The first-order valence-electron chi connectivity index (χ1n) is 6.19. The lowest BCUT2D eigenvalue weighted by atomic mass is 10.1. The molecular formula is C12H34N2. The second kappa shape index (κ2) is 18.7. The molecule has 2 heteroatoms. The summed E-state index contributed by atoms with van der Waals surface area (Å²) in [5.41, 5.74) is 9.91. The van der Waals surface area contributed by atoms with Gasteiger partial charge in [0.05, 0.1) is 0 Å².